The van der Waals surface area contributed by atoms with Gasteiger partial charge in [0, 0.05) is 25.9 Å². The Kier molecular flexibility index (Phi) is 5.64. The van der Waals surface area contributed by atoms with Crippen molar-refractivity contribution in [3.63, 3.8) is 0 Å². The van der Waals surface area contributed by atoms with E-state index in [1.165, 1.54) is 11.9 Å². The third-order valence-corrected chi connectivity index (χ3v) is 3.94. The number of alkyl halides is 3. The van der Waals surface area contributed by atoms with Crippen LogP contribution in [-0.2, 0) is 11.3 Å². The Hall–Kier alpha value is -1.61. The number of hydrogen-bond donors (Lipinski definition) is 1. The van der Waals surface area contributed by atoms with E-state index in [-0.39, 0.29) is 30.6 Å². The SMILES string of the molecule is COCCn1ccc(C(=O)NC2CCC(C(F)(F)F)N(C)C2)n1. The van der Waals surface area contributed by atoms with Crippen molar-refractivity contribution >= 4 is 5.91 Å². The second-order valence-corrected chi connectivity index (χ2v) is 5.70. The molecule has 1 amide bonds. The number of methoxy groups -OCH3 is 1. The van der Waals surface area contributed by atoms with Crippen LogP contribution in [0, 0.1) is 0 Å². The predicted octanol–water partition coefficient (Wildman–Crippen LogP) is 1.28. The van der Waals surface area contributed by atoms with Gasteiger partial charge >= 0.3 is 6.18 Å². The van der Waals surface area contributed by atoms with Crippen LogP contribution in [0.15, 0.2) is 12.3 Å². The standard InChI is InChI=1S/C14H21F3N4O2/c1-20-9-10(3-4-12(20)14(15,16)17)18-13(22)11-5-6-21(19-11)7-8-23-2/h5-6,10,12H,3-4,7-9H2,1-2H3,(H,18,22). The summed E-state index contributed by atoms with van der Waals surface area (Å²) in [7, 11) is 3.00. The normalized spacial score (nSPS) is 23.0. The first-order valence-corrected chi connectivity index (χ1v) is 7.41. The van der Waals surface area contributed by atoms with E-state index in [0.29, 0.717) is 19.6 Å². The maximum Gasteiger partial charge on any atom is 0.404 e. The van der Waals surface area contributed by atoms with Gasteiger partial charge in [0.1, 0.15) is 11.7 Å². The summed E-state index contributed by atoms with van der Waals surface area (Å²) < 4.78 is 44.9. The first-order chi connectivity index (χ1) is 10.8. The van der Waals surface area contributed by atoms with Crippen LogP contribution < -0.4 is 5.32 Å². The van der Waals surface area contributed by atoms with Crippen molar-refractivity contribution < 1.29 is 22.7 Å². The summed E-state index contributed by atoms with van der Waals surface area (Å²) in [6.45, 7) is 1.18. The average molecular weight is 334 g/mol. The monoisotopic (exact) mass is 334 g/mol. The zero-order valence-corrected chi connectivity index (χ0v) is 13.1. The number of ether oxygens (including phenoxy) is 1. The number of rotatable bonds is 5. The molecule has 130 valence electrons. The highest BCUT2D eigenvalue weighted by molar-refractivity contribution is 5.92. The largest absolute Gasteiger partial charge is 0.404 e. The van der Waals surface area contributed by atoms with Crippen molar-refractivity contribution in [3.8, 4) is 0 Å². The summed E-state index contributed by atoms with van der Waals surface area (Å²) in [5.41, 5.74) is 0.252. The van der Waals surface area contributed by atoms with Crippen LogP contribution in [-0.4, -0.2) is 66.2 Å². The quantitative estimate of drug-likeness (QED) is 0.881. The molecule has 1 aliphatic rings. The van der Waals surface area contributed by atoms with E-state index < -0.39 is 12.2 Å². The van der Waals surface area contributed by atoms with Crippen molar-refractivity contribution in [1.29, 1.82) is 0 Å². The van der Waals surface area contributed by atoms with Gasteiger partial charge in [0.25, 0.3) is 5.91 Å². The maximum absolute atomic E-state index is 12.8. The smallest absolute Gasteiger partial charge is 0.383 e. The van der Waals surface area contributed by atoms with Gasteiger partial charge in [0.2, 0.25) is 0 Å². The van der Waals surface area contributed by atoms with Gasteiger partial charge in [-0.3, -0.25) is 14.4 Å². The lowest BCUT2D eigenvalue weighted by atomic mass is 9.98. The van der Waals surface area contributed by atoms with Gasteiger partial charge in [-0.05, 0) is 26.0 Å². The molecule has 23 heavy (non-hydrogen) atoms. The molecule has 0 aliphatic carbocycles. The fourth-order valence-corrected chi connectivity index (χ4v) is 2.73. The second-order valence-electron chi connectivity index (χ2n) is 5.70. The topological polar surface area (TPSA) is 59.4 Å². The summed E-state index contributed by atoms with van der Waals surface area (Å²) in [4.78, 5) is 13.4. The van der Waals surface area contributed by atoms with Gasteiger partial charge in [-0.2, -0.15) is 18.3 Å². The highest BCUT2D eigenvalue weighted by Crippen LogP contribution is 2.30. The lowest BCUT2D eigenvalue weighted by molar-refractivity contribution is -0.188. The molecule has 0 aromatic carbocycles. The molecule has 1 N–H and O–H groups in total. The predicted molar refractivity (Wildman–Crippen MR) is 77.1 cm³/mol. The van der Waals surface area contributed by atoms with Crippen LogP contribution >= 0.6 is 0 Å². The summed E-state index contributed by atoms with van der Waals surface area (Å²) in [5.74, 6) is -0.370. The van der Waals surface area contributed by atoms with Crippen molar-refractivity contribution in [2.75, 3.05) is 27.3 Å². The molecule has 1 saturated heterocycles. The van der Waals surface area contributed by atoms with Gasteiger partial charge in [-0.15, -0.1) is 0 Å². The molecule has 0 bridgehead atoms. The highest BCUT2D eigenvalue weighted by atomic mass is 19.4. The van der Waals surface area contributed by atoms with E-state index in [1.807, 2.05) is 0 Å². The van der Waals surface area contributed by atoms with Crippen molar-refractivity contribution in [1.82, 2.24) is 20.0 Å². The number of aromatic nitrogens is 2. The molecular formula is C14H21F3N4O2. The number of nitrogens with one attached hydrogen (secondary N) is 1. The molecule has 2 heterocycles. The van der Waals surface area contributed by atoms with E-state index in [9.17, 15) is 18.0 Å². The minimum Gasteiger partial charge on any atom is -0.383 e. The van der Waals surface area contributed by atoms with Gasteiger partial charge in [-0.25, -0.2) is 0 Å². The number of carbonyl (C=O) groups is 1. The van der Waals surface area contributed by atoms with Gasteiger partial charge in [0.15, 0.2) is 0 Å². The summed E-state index contributed by atoms with van der Waals surface area (Å²) in [6.07, 6.45) is -2.29. The van der Waals surface area contributed by atoms with Crippen molar-refractivity contribution in [2.24, 2.45) is 0 Å². The Labute approximate surface area is 132 Å². The average Bonchev–Trinajstić information content (AvgIpc) is 2.92. The first-order valence-electron chi connectivity index (χ1n) is 7.41. The molecule has 2 rings (SSSR count). The number of carbonyl (C=O) groups excluding carboxylic acids is 1. The molecule has 1 fully saturated rings. The Morgan fingerprint density at radius 1 is 1.48 bits per heavy atom. The minimum atomic E-state index is -4.23. The molecule has 1 aliphatic heterocycles. The van der Waals surface area contributed by atoms with Crippen LogP contribution in [0.4, 0.5) is 13.2 Å². The molecule has 9 heteroatoms. The number of likely N-dealkylation sites (tertiary alicyclic amines) is 1. The number of amides is 1. The Balaban J connectivity index is 1.88. The maximum atomic E-state index is 12.8. The molecule has 1 aromatic rings. The van der Waals surface area contributed by atoms with Crippen LogP contribution in [0.2, 0.25) is 0 Å². The molecule has 2 atom stereocenters. The third-order valence-electron chi connectivity index (χ3n) is 3.94. The van der Waals surface area contributed by atoms with Gasteiger partial charge in [-0.1, -0.05) is 0 Å². The third kappa shape index (κ3) is 4.68. The minimum absolute atomic E-state index is 0.0206. The molecule has 1 aromatic heterocycles. The van der Waals surface area contributed by atoms with E-state index in [4.69, 9.17) is 4.74 Å². The zero-order valence-electron chi connectivity index (χ0n) is 13.1. The van der Waals surface area contributed by atoms with E-state index in [0.717, 1.165) is 0 Å². The van der Waals surface area contributed by atoms with Crippen LogP contribution in [0.1, 0.15) is 23.3 Å². The summed E-state index contributed by atoms with van der Waals surface area (Å²) >= 11 is 0. The number of nitrogens with zero attached hydrogens (tertiary/aromatic N) is 3. The molecule has 6 nitrogen and oxygen atoms in total. The van der Waals surface area contributed by atoms with E-state index >= 15 is 0 Å². The first kappa shape index (κ1) is 17.7. The van der Waals surface area contributed by atoms with E-state index in [1.54, 1.807) is 24.1 Å². The molecule has 0 saturated carbocycles. The van der Waals surface area contributed by atoms with Crippen molar-refractivity contribution in [2.45, 2.75) is 37.6 Å². The van der Waals surface area contributed by atoms with Crippen LogP contribution in [0.5, 0.6) is 0 Å². The number of halogens is 3. The Bertz CT molecular complexity index is 532. The lowest BCUT2D eigenvalue weighted by Crippen LogP contribution is -2.54. The molecule has 0 spiro atoms. The van der Waals surface area contributed by atoms with Crippen LogP contribution in [0.3, 0.4) is 0 Å². The van der Waals surface area contributed by atoms with Crippen molar-refractivity contribution in [3.05, 3.63) is 18.0 Å². The number of likely N-dealkylation sites (N-methyl/N-ethyl adjacent to an activating group) is 1. The highest BCUT2D eigenvalue weighted by Gasteiger charge is 2.44. The lowest BCUT2D eigenvalue weighted by Gasteiger charge is -2.38. The number of hydrogen-bond acceptors (Lipinski definition) is 4. The zero-order chi connectivity index (χ0) is 17.0. The molecule has 2 unspecified atom stereocenters. The van der Waals surface area contributed by atoms with E-state index in [2.05, 4.69) is 10.4 Å². The summed E-state index contributed by atoms with van der Waals surface area (Å²) in [5, 5.41) is 6.87. The number of piperidine rings is 1. The summed E-state index contributed by atoms with van der Waals surface area (Å²) in [6, 6.07) is -0.171. The van der Waals surface area contributed by atoms with Gasteiger partial charge in [0.05, 0.1) is 13.2 Å². The fraction of sp³-hybridized carbons (Fsp3) is 0.714. The second kappa shape index (κ2) is 7.31. The van der Waals surface area contributed by atoms with Crippen LogP contribution in [0.25, 0.3) is 0 Å². The fourth-order valence-electron chi connectivity index (χ4n) is 2.73. The Morgan fingerprint density at radius 2 is 2.22 bits per heavy atom. The van der Waals surface area contributed by atoms with Gasteiger partial charge < -0.3 is 10.1 Å². The molecule has 0 radical (unpaired) electrons. The molecular weight excluding hydrogens is 313 g/mol. The Morgan fingerprint density at radius 3 is 2.83 bits per heavy atom.